The molecule has 1 aliphatic rings. The molecule has 0 radical (unpaired) electrons. The van der Waals surface area contributed by atoms with E-state index in [9.17, 15) is 9.90 Å². The number of piperidine rings is 1. The predicted molar refractivity (Wildman–Crippen MR) is 129 cm³/mol. The molecule has 6 nitrogen and oxygen atoms in total. The zero-order valence-corrected chi connectivity index (χ0v) is 19.0. The maximum atomic E-state index is 12.7. The highest BCUT2D eigenvalue weighted by Crippen LogP contribution is 2.28. The fraction of sp³-hybridized carbons (Fsp3) is 0.286. The van der Waals surface area contributed by atoms with Crippen LogP contribution in [0.3, 0.4) is 0 Å². The number of hydrogen-bond acceptors (Lipinski definition) is 6. The number of furan rings is 1. The maximum Gasteiger partial charge on any atom is 0.198 e. The number of nitrogens with zero attached hydrogens (tertiary/aromatic N) is 2. The molecule has 3 heterocycles. The van der Waals surface area contributed by atoms with E-state index in [-0.39, 0.29) is 11.5 Å². The summed E-state index contributed by atoms with van der Waals surface area (Å²) in [6, 6.07) is 22.4. The van der Waals surface area contributed by atoms with Gasteiger partial charge in [0.25, 0.3) is 0 Å². The third kappa shape index (κ3) is 5.29. The summed E-state index contributed by atoms with van der Waals surface area (Å²) in [4.78, 5) is 15.0. The molecule has 5 rings (SSSR count). The molecule has 2 aromatic heterocycles. The van der Waals surface area contributed by atoms with Crippen LogP contribution in [0.25, 0.3) is 22.6 Å². The standard InChI is InChI=1S/C28H28N2O4/c31-23-8-4-7-22(17-23)27-11-12-28(33-27)26(32)10-9-20-13-15-30(16-14-20)19-24-18-25(29-34-24)21-5-2-1-3-6-21/h1-8,11-12,17-18,20,31H,9-10,13-16,19H2. The third-order valence-corrected chi connectivity index (χ3v) is 6.51. The van der Waals surface area contributed by atoms with Gasteiger partial charge in [0.05, 0.1) is 6.54 Å². The lowest BCUT2D eigenvalue weighted by atomic mass is 9.91. The molecule has 0 amide bonds. The summed E-state index contributed by atoms with van der Waals surface area (Å²) in [5.41, 5.74) is 2.69. The van der Waals surface area contributed by atoms with Gasteiger partial charge >= 0.3 is 0 Å². The van der Waals surface area contributed by atoms with Crippen molar-refractivity contribution < 1.29 is 18.8 Å². The molecule has 0 saturated carbocycles. The number of benzene rings is 2. The average Bonchev–Trinajstić information content (AvgIpc) is 3.54. The molecular formula is C28H28N2O4. The zero-order chi connectivity index (χ0) is 23.3. The van der Waals surface area contributed by atoms with Gasteiger partial charge in [-0.05, 0) is 62.5 Å². The number of aromatic hydroxyl groups is 1. The van der Waals surface area contributed by atoms with Crippen LogP contribution in [0.4, 0.5) is 0 Å². The normalized spacial score (nSPS) is 14.9. The molecule has 0 spiro atoms. The molecule has 174 valence electrons. The SMILES string of the molecule is O=C(CCC1CCN(Cc2cc(-c3ccccc3)no2)CC1)c1ccc(-c2cccc(O)c2)o1. The molecule has 2 aromatic carbocycles. The third-order valence-electron chi connectivity index (χ3n) is 6.51. The van der Waals surface area contributed by atoms with Crippen LogP contribution in [-0.2, 0) is 6.54 Å². The summed E-state index contributed by atoms with van der Waals surface area (Å²) < 4.78 is 11.3. The Kier molecular flexibility index (Phi) is 6.58. The molecule has 0 aliphatic carbocycles. The van der Waals surface area contributed by atoms with Crippen molar-refractivity contribution in [3.63, 3.8) is 0 Å². The lowest BCUT2D eigenvalue weighted by Gasteiger charge is -2.31. The number of carbonyl (C=O) groups is 1. The minimum Gasteiger partial charge on any atom is -0.508 e. The number of phenolic OH excluding ortho intramolecular Hbond substituents is 1. The van der Waals surface area contributed by atoms with Gasteiger partial charge in [0.2, 0.25) is 0 Å². The van der Waals surface area contributed by atoms with Crippen LogP contribution in [0.1, 0.15) is 42.0 Å². The molecule has 6 heteroatoms. The summed E-state index contributed by atoms with van der Waals surface area (Å²) in [6.07, 6.45) is 3.49. The van der Waals surface area contributed by atoms with Crippen LogP contribution in [0, 0.1) is 5.92 Å². The molecule has 0 atom stereocenters. The summed E-state index contributed by atoms with van der Waals surface area (Å²) in [5.74, 6) is 2.60. The second-order valence-electron chi connectivity index (χ2n) is 8.94. The highest BCUT2D eigenvalue weighted by Gasteiger charge is 2.22. The number of hydrogen-bond donors (Lipinski definition) is 1. The average molecular weight is 457 g/mol. The molecular weight excluding hydrogens is 428 g/mol. The Labute approximate surface area is 198 Å². The number of carbonyl (C=O) groups excluding carboxylic acids is 1. The van der Waals surface area contributed by atoms with Gasteiger partial charge in [-0.25, -0.2) is 0 Å². The first-order valence-electron chi connectivity index (χ1n) is 11.8. The first-order valence-corrected chi connectivity index (χ1v) is 11.8. The Morgan fingerprint density at radius 1 is 0.971 bits per heavy atom. The van der Waals surface area contributed by atoms with Crippen molar-refractivity contribution in [1.29, 1.82) is 0 Å². The van der Waals surface area contributed by atoms with Crippen LogP contribution in [0.15, 0.2) is 81.7 Å². The molecule has 34 heavy (non-hydrogen) atoms. The van der Waals surface area contributed by atoms with Crippen molar-refractivity contribution in [2.24, 2.45) is 5.92 Å². The van der Waals surface area contributed by atoms with Gasteiger partial charge in [-0.1, -0.05) is 47.6 Å². The van der Waals surface area contributed by atoms with E-state index in [4.69, 9.17) is 8.94 Å². The molecule has 0 unspecified atom stereocenters. The Hall–Kier alpha value is -3.64. The highest BCUT2D eigenvalue weighted by atomic mass is 16.5. The molecule has 1 N–H and O–H groups in total. The maximum absolute atomic E-state index is 12.7. The number of aromatic nitrogens is 1. The van der Waals surface area contributed by atoms with Crippen LogP contribution < -0.4 is 0 Å². The molecule has 1 saturated heterocycles. The van der Waals surface area contributed by atoms with Crippen molar-refractivity contribution in [1.82, 2.24) is 10.1 Å². The number of Topliss-reactive ketones (excluding diaryl/α,β-unsaturated/α-hetero) is 1. The number of rotatable bonds is 8. The first-order chi connectivity index (χ1) is 16.6. The van der Waals surface area contributed by atoms with Crippen molar-refractivity contribution in [3.8, 4) is 28.3 Å². The summed E-state index contributed by atoms with van der Waals surface area (Å²) >= 11 is 0. The van der Waals surface area contributed by atoms with E-state index in [1.165, 1.54) is 0 Å². The largest absolute Gasteiger partial charge is 0.508 e. The van der Waals surface area contributed by atoms with Gasteiger partial charge in [-0.2, -0.15) is 0 Å². The summed E-state index contributed by atoms with van der Waals surface area (Å²) in [7, 11) is 0. The quantitative estimate of drug-likeness (QED) is 0.319. The van der Waals surface area contributed by atoms with Crippen molar-refractivity contribution >= 4 is 5.78 Å². The highest BCUT2D eigenvalue weighted by molar-refractivity contribution is 5.94. The van der Waals surface area contributed by atoms with E-state index in [1.807, 2.05) is 42.5 Å². The van der Waals surface area contributed by atoms with Gasteiger partial charge in [0, 0.05) is 23.6 Å². The van der Waals surface area contributed by atoms with E-state index in [0.29, 0.717) is 23.9 Å². The summed E-state index contributed by atoms with van der Waals surface area (Å²) in [6.45, 7) is 2.74. The van der Waals surface area contributed by atoms with E-state index < -0.39 is 0 Å². The lowest BCUT2D eigenvalue weighted by molar-refractivity contribution is 0.0934. The monoisotopic (exact) mass is 456 g/mol. The lowest BCUT2D eigenvalue weighted by Crippen LogP contribution is -2.33. The topological polar surface area (TPSA) is 79.7 Å². The van der Waals surface area contributed by atoms with E-state index in [2.05, 4.69) is 10.1 Å². The number of phenols is 1. The van der Waals surface area contributed by atoms with Crippen LogP contribution >= 0.6 is 0 Å². The van der Waals surface area contributed by atoms with E-state index in [1.54, 1.807) is 30.3 Å². The van der Waals surface area contributed by atoms with Gasteiger partial charge in [-0.3, -0.25) is 9.69 Å². The van der Waals surface area contributed by atoms with Gasteiger partial charge in [0.1, 0.15) is 17.2 Å². The van der Waals surface area contributed by atoms with E-state index >= 15 is 0 Å². The number of ketones is 1. The fourth-order valence-electron chi connectivity index (χ4n) is 4.55. The van der Waals surface area contributed by atoms with Crippen molar-refractivity contribution in [2.45, 2.75) is 32.2 Å². The van der Waals surface area contributed by atoms with E-state index in [0.717, 1.165) is 61.5 Å². The molecule has 0 bridgehead atoms. The second kappa shape index (κ2) is 10.1. The Morgan fingerprint density at radius 2 is 1.76 bits per heavy atom. The van der Waals surface area contributed by atoms with Crippen molar-refractivity contribution in [3.05, 3.63) is 84.3 Å². The minimum absolute atomic E-state index is 0.0314. The van der Waals surface area contributed by atoms with Crippen LogP contribution in [0.5, 0.6) is 5.75 Å². The Balaban J connectivity index is 1.08. The molecule has 1 aliphatic heterocycles. The molecule has 1 fully saturated rings. The van der Waals surface area contributed by atoms with Gasteiger partial charge < -0.3 is 14.0 Å². The van der Waals surface area contributed by atoms with Gasteiger partial charge in [0.15, 0.2) is 17.3 Å². The Morgan fingerprint density at radius 3 is 2.56 bits per heavy atom. The predicted octanol–water partition coefficient (Wildman–Crippen LogP) is 6.18. The van der Waals surface area contributed by atoms with Gasteiger partial charge in [-0.15, -0.1) is 0 Å². The summed E-state index contributed by atoms with van der Waals surface area (Å²) in [5, 5.41) is 13.9. The zero-order valence-electron chi connectivity index (χ0n) is 19.0. The smallest absolute Gasteiger partial charge is 0.198 e. The van der Waals surface area contributed by atoms with Crippen LogP contribution in [-0.4, -0.2) is 34.0 Å². The van der Waals surface area contributed by atoms with Crippen molar-refractivity contribution in [2.75, 3.05) is 13.1 Å². The Bertz CT molecular complexity index is 1240. The second-order valence-corrected chi connectivity index (χ2v) is 8.94. The number of likely N-dealkylation sites (tertiary alicyclic amines) is 1. The first kappa shape index (κ1) is 22.2. The molecule has 4 aromatic rings. The minimum atomic E-state index is 0.0314. The fourth-order valence-corrected chi connectivity index (χ4v) is 4.55. The van der Waals surface area contributed by atoms with Crippen LogP contribution in [0.2, 0.25) is 0 Å².